The van der Waals surface area contributed by atoms with Crippen molar-refractivity contribution in [1.29, 1.82) is 0 Å². The van der Waals surface area contributed by atoms with E-state index in [1.807, 2.05) is 31.2 Å². The molecule has 0 amide bonds. The first-order valence-corrected chi connectivity index (χ1v) is 6.90. The Kier molecular flexibility index (Phi) is 4.87. The lowest BCUT2D eigenvalue weighted by Gasteiger charge is -2.08. The molecule has 2 heterocycles. The van der Waals surface area contributed by atoms with E-state index in [0.29, 0.717) is 11.7 Å². The molecule has 0 aromatic carbocycles. The average molecular weight is 272 g/mol. The zero-order valence-corrected chi connectivity index (χ0v) is 12.2. The molecular formula is C15H20N4O. The molecule has 0 aliphatic carbocycles. The van der Waals surface area contributed by atoms with Crippen molar-refractivity contribution >= 4 is 5.82 Å². The molecule has 0 fully saturated rings. The van der Waals surface area contributed by atoms with Gasteiger partial charge in [-0.1, -0.05) is 19.4 Å². The monoisotopic (exact) mass is 272 g/mol. The van der Waals surface area contributed by atoms with Crippen LogP contribution in [-0.4, -0.2) is 28.6 Å². The summed E-state index contributed by atoms with van der Waals surface area (Å²) in [5.41, 5.74) is 1.75. The lowest BCUT2D eigenvalue weighted by Crippen LogP contribution is -2.05. The second kappa shape index (κ2) is 6.84. The minimum Gasteiger partial charge on any atom is -0.481 e. The van der Waals surface area contributed by atoms with Crippen LogP contribution in [0.25, 0.3) is 11.5 Å². The Morgan fingerprint density at radius 1 is 1.15 bits per heavy atom. The van der Waals surface area contributed by atoms with Crippen LogP contribution in [0.2, 0.25) is 0 Å². The van der Waals surface area contributed by atoms with E-state index in [9.17, 15) is 0 Å². The van der Waals surface area contributed by atoms with E-state index in [1.165, 1.54) is 0 Å². The van der Waals surface area contributed by atoms with E-state index < -0.39 is 0 Å². The highest BCUT2D eigenvalue weighted by Crippen LogP contribution is 2.19. The second-order valence-corrected chi connectivity index (χ2v) is 4.41. The number of nitrogens with zero attached hydrogens (tertiary/aromatic N) is 3. The fraction of sp³-hybridized carbons (Fsp3) is 0.400. The van der Waals surface area contributed by atoms with E-state index >= 15 is 0 Å². The number of hydrogen-bond donors (Lipinski definition) is 1. The molecule has 2 rings (SSSR count). The van der Waals surface area contributed by atoms with E-state index in [4.69, 9.17) is 4.74 Å². The molecule has 0 atom stereocenters. The van der Waals surface area contributed by atoms with Gasteiger partial charge in [0.25, 0.3) is 0 Å². The Bertz CT molecular complexity index is 547. The molecule has 0 aliphatic heterocycles. The van der Waals surface area contributed by atoms with Gasteiger partial charge in [0.15, 0.2) is 5.82 Å². The number of methoxy groups -OCH3 is 1. The topological polar surface area (TPSA) is 59.9 Å². The molecule has 0 saturated carbocycles. The summed E-state index contributed by atoms with van der Waals surface area (Å²) in [6.07, 6.45) is 1.98. The number of nitrogens with one attached hydrogen (secondary N) is 1. The van der Waals surface area contributed by atoms with Gasteiger partial charge >= 0.3 is 0 Å². The first kappa shape index (κ1) is 14.2. The third-order valence-electron chi connectivity index (χ3n) is 2.81. The molecular weight excluding hydrogens is 252 g/mol. The zero-order chi connectivity index (χ0) is 14.4. The average Bonchev–Trinajstić information content (AvgIpc) is 2.48. The number of pyridine rings is 1. The maximum absolute atomic E-state index is 5.15. The lowest BCUT2D eigenvalue weighted by molar-refractivity contribution is 0.398. The van der Waals surface area contributed by atoms with Crippen LogP contribution >= 0.6 is 0 Å². The van der Waals surface area contributed by atoms with Crippen molar-refractivity contribution in [1.82, 2.24) is 15.0 Å². The van der Waals surface area contributed by atoms with Crippen LogP contribution in [0.5, 0.6) is 5.88 Å². The summed E-state index contributed by atoms with van der Waals surface area (Å²) in [6.45, 7) is 5.01. The molecule has 0 radical (unpaired) electrons. The first-order valence-electron chi connectivity index (χ1n) is 6.90. The quantitative estimate of drug-likeness (QED) is 0.876. The molecule has 1 N–H and O–H groups in total. The molecule has 5 nitrogen and oxygen atoms in total. The summed E-state index contributed by atoms with van der Waals surface area (Å²) in [5, 5.41) is 3.23. The van der Waals surface area contributed by atoms with Crippen molar-refractivity contribution in [2.75, 3.05) is 19.0 Å². The highest BCUT2D eigenvalue weighted by atomic mass is 16.5. The fourth-order valence-corrected chi connectivity index (χ4v) is 1.92. The van der Waals surface area contributed by atoms with Crippen LogP contribution in [0.4, 0.5) is 5.82 Å². The standard InChI is InChI=1S/C15H20N4O/c1-4-7-11-10-13(16-5-2)19-15(17-11)12-8-6-9-14(18-12)20-3/h6,8-10H,4-5,7H2,1-3H3,(H,16,17,19). The predicted octanol–water partition coefficient (Wildman–Crippen LogP) is 2.93. The summed E-state index contributed by atoms with van der Waals surface area (Å²) in [7, 11) is 1.60. The van der Waals surface area contributed by atoms with E-state index in [1.54, 1.807) is 7.11 Å². The normalized spacial score (nSPS) is 10.3. The fourth-order valence-electron chi connectivity index (χ4n) is 1.92. The number of rotatable bonds is 6. The molecule has 0 aliphatic rings. The summed E-state index contributed by atoms with van der Waals surface area (Å²) in [6, 6.07) is 7.59. The second-order valence-electron chi connectivity index (χ2n) is 4.41. The van der Waals surface area contributed by atoms with Gasteiger partial charge in [0.05, 0.1) is 7.11 Å². The van der Waals surface area contributed by atoms with E-state index in [2.05, 4.69) is 27.2 Å². The van der Waals surface area contributed by atoms with Gasteiger partial charge in [-0.3, -0.25) is 0 Å². The van der Waals surface area contributed by atoms with Gasteiger partial charge in [-0.15, -0.1) is 0 Å². The Hall–Kier alpha value is -2.17. The Morgan fingerprint density at radius 2 is 2.00 bits per heavy atom. The maximum Gasteiger partial charge on any atom is 0.213 e. The summed E-state index contributed by atoms with van der Waals surface area (Å²) in [5.74, 6) is 2.04. The highest BCUT2D eigenvalue weighted by molar-refractivity contribution is 5.54. The van der Waals surface area contributed by atoms with Gasteiger partial charge in [0.1, 0.15) is 11.5 Å². The molecule has 0 unspecified atom stereocenters. The molecule has 2 aromatic rings. The minimum absolute atomic E-state index is 0.567. The smallest absolute Gasteiger partial charge is 0.213 e. The number of anilines is 1. The van der Waals surface area contributed by atoms with Gasteiger partial charge in [-0.25, -0.2) is 15.0 Å². The first-order chi connectivity index (χ1) is 9.76. The van der Waals surface area contributed by atoms with Gasteiger partial charge in [0, 0.05) is 24.4 Å². The molecule has 0 saturated heterocycles. The number of hydrogen-bond acceptors (Lipinski definition) is 5. The Morgan fingerprint density at radius 3 is 2.70 bits per heavy atom. The summed E-state index contributed by atoms with van der Waals surface area (Å²) >= 11 is 0. The van der Waals surface area contributed by atoms with Gasteiger partial charge < -0.3 is 10.1 Å². The van der Waals surface area contributed by atoms with Crippen LogP contribution in [0, 0.1) is 0 Å². The Balaban J connectivity index is 2.42. The van der Waals surface area contributed by atoms with Gasteiger partial charge in [-0.2, -0.15) is 0 Å². The van der Waals surface area contributed by atoms with Crippen molar-refractivity contribution in [3.63, 3.8) is 0 Å². The van der Waals surface area contributed by atoms with Crippen molar-refractivity contribution in [3.8, 4) is 17.4 Å². The van der Waals surface area contributed by atoms with Crippen LogP contribution in [-0.2, 0) is 6.42 Å². The van der Waals surface area contributed by atoms with Crippen molar-refractivity contribution in [2.24, 2.45) is 0 Å². The SMILES string of the molecule is CCCc1cc(NCC)nc(-c2cccc(OC)n2)n1. The van der Waals surface area contributed by atoms with Gasteiger partial charge in [0.2, 0.25) is 5.88 Å². The van der Waals surface area contributed by atoms with Crippen LogP contribution in [0.3, 0.4) is 0 Å². The molecule has 0 bridgehead atoms. The predicted molar refractivity (Wildman–Crippen MR) is 80.0 cm³/mol. The third kappa shape index (κ3) is 3.44. The summed E-state index contributed by atoms with van der Waals surface area (Å²) < 4.78 is 5.15. The molecule has 2 aromatic heterocycles. The molecule has 20 heavy (non-hydrogen) atoms. The molecule has 5 heteroatoms. The van der Waals surface area contributed by atoms with Crippen molar-refractivity contribution < 1.29 is 4.74 Å². The number of aryl methyl sites for hydroxylation is 1. The summed E-state index contributed by atoms with van der Waals surface area (Å²) in [4.78, 5) is 13.5. The van der Waals surface area contributed by atoms with Crippen LogP contribution in [0.15, 0.2) is 24.3 Å². The minimum atomic E-state index is 0.567. The lowest BCUT2D eigenvalue weighted by atomic mass is 10.2. The largest absolute Gasteiger partial charge is 0.481 e. The Labute approximate surface area is 119 Å². The number of aromatic nitrogens is 3. The number of ether oxygens (including phenoxy) is 1. The van der Waals surface area contributed by atoms with Crippen molar-refractivity contribution in [2.45, 2.75) is 26.7 Å². The maximum atomic E-state index is 5.15. The van der Waals surface area contributed by atoms with E-state index in [0.717, 1.165) is 36.6 Å². The highest BCUT2D eigenvalue weighted by Gasteiger charge is 2.08. The van der Waals surface area contributed by atoms with Gasteiger partial charge in [-0.05, 0) is 19.4 Å². The third-order valence-corrected chi connectivity index (χ3v) is 2.81. The molecule has 0 spiro atoms. The molecule has 106 valence electrons. The van der Waals surface area contributed by atoms with Crippen molar-refractivity contribution in [3.05, 3.63) is 30.0 Å². The van der Waals surface area contributed by atoms with Crippen LogP contribution < -0.4 is 10.1 Å². The zero-order valence-electron chi connectivity index (χ0n) is 12.2. The van der Waals surface area contributed by atoms with E-state index in [-0.39, 0.29) is 0 Å². The van der Waals surface area contributed by atoms with Crippen LogP contribution in [0.1, 0.15) is 26.0 Å².